The SMILES string of the molecule is COCCOC(=O)C1=C(C)N=c2sc(=Cc3ccc(OCC(C)C)cc3)c(=O)n2C1c1ccc(C(C)C)cc1. The van der Waals surface area contributed by atoms with E-state index < -0.39 is 12.0 Å². The molecule has 8 heteroatoms. The Kier molecular flexibility index (Phi) is 9.20. The molecule has 1 unspecified atom stereocenters. The number of carbonyl (C=O) groups is 1. The summed E-state index contributed by atoms with van der Waals surface area (Å²) in [7, 11) is 1.55. The van der Waals surface area contributed by atoms with E-state index in [2.05, 4.69) is 32.7 Å². The van der Waals surface area contributed by atoms with Gasteiger partial charge in [-0.3, -0.25) is 9.36 Å². The average Bonchev–Trinajstić information content (AvgIpc) is 3.21. The molecule has 0 radical (unpaired) electrons. The zero-order valence-corrected chi connectivity index (χ0v) is 24.2. The molecule has 2 aromatic carbocycles. The number of aromatic nitrogens is 1. The first-order valence-electron chi connectivity index (χ1n) is 13.2. The van der Waals surface area contributed by atoms with E-state index in [1.54, 1.807) is 18.6 Å². The van der Waals surface area contributed by atoms with E-state index in [-0.39, 0.29) is 18.8 Å². The molecular formula is C31H36N2O5S. The van der Waals surface area contributed by atoms with E-state index in [0.29, 0.717) is 39.0 Å². The Labute approximate surface area is 233 Å². The largest absolute Gasteiger partial charge is 0.493 e. The second-order valence-electron chi connectivity index (χ2n) is 10.3. The van der Waals surface area contributed by atoms with Gasteiger partial charge in [0.05, 0.1) is 35.1 Å². The van der Waals surface area contributed by atoms with Crippen LogP contribution < -0.4 is 19.6 Å². The third-order valence-electron chi connectivity index (χ3n) is 6.44. The van der Waals surface area contributed by atoms with Crippen molar-refractivity contribution < 1.29 is 19.0 Å². The summed E-state index contributed by atoms with van der Waals surface area (Å²) >= 11 is 1.31. The van der Waals surface area contributed by atoms with Crippen LogP contribution in [0.15, 0.2) is 69.6 Å². The Balaban J connectivity index is 1.78. The smallest absolute Gasteiger partial charge is 0.338 e. The first-order valence-corrected chi connectivity index (χ1v) is 14.0. The van der Waals surface area contributed by atoms with E-state index in [1.807, 2.05) is 54.6 Å². The summed E-state index contributed by atoms with van der Waals surface area (Å²) in [5, 5.41) is 0. The van der Waals surface area contributed by atoms with Gasteiger partial charge in [-0.05, 0) is 53.7 Å². The van der Waals surface area contributed by atoms with Crippen LogP contribution in [-0.2, 0) is 14.3 Å². The van der Waals surface area contributed by atoms with Crippen LogP contribution in [0.3, 0.4) is 0 Å². The van der Waals surface area contributed by atoms with Gasteiger partial charge in [0.15, 0.2) is 4.80 Å². The Bertz CT molecular complexity index is 1510. The number of rotatable bonds is 10. The maximum atomic E-state index is 13.8. The molecular weight excluding hydrogens is 512 g/mol. The molecule has 0 amide bonds. The summed E-state index contributed by atoms with van der Waals surface area (Å²) in [6, 6.07) is 15.1. The second-order valence-corrected chi connectivity index (χ2v) is 11.3. The highest BCUT2D eigenvalue weighted by molar-refractivity contribution is 7.07. The predicted molar refractivity (Wildman–Crippen MR) is 154 cm³/mol. The highest BCUT2D eigenvalue weighted by Gasteiger charge is 2.33. The average molecular weight is 549 g/mol. The summed E-state index contributed by atoms with van der Waals surface area (Å²) in [4.78, 5) is 32.3. The van der Waals surface area contributed by atoms with E-state index in [1.165, 1.54) is 16.9 Å². The molecule has 1 aromatic heterocycles. The Morgan fingerprint density at radius 1 is 1.05 bits per heavy atom. The fourth-order valence-corrected chi connectivity index (χ4v) is 5.38. The molecule has 0 fully saturated rings. The van der Waals surface area contributed by atoms with Gasteiger partial charge in [0.25, 0.3) is 5.56 Å². The van der Waals surface area contributed by atoms with Gasteiger partial charge in [0.2, 0.25) is 0 Å². The van der Waals surface area contributed by atoms with E-state index >= 15 is 0 Å². The molecule has 0 saturated heterocycles. The minimum Gasteiger partial charge on any atom is -0.493 e. The van der Waals surface area contributed by atoms with Crippen LogP contribution in [0, 0.1) is 5.92 Å². The minimum absolute atomic E-state index is 0.117. The van der Waals surface area contributed by atoms with Crippen molar-refractivity contribution in [3.05, 3.63) is 96.2 Å². The maximum absolute atomic E-state index is 13.8. The molecule has 0 saturated carbocycles. The highest BCUT2D eigenvalue weighted by Crippen LogP contribution is 2.31. The summed E-state index contributed by atoms with van der Waals surface area (Å²) in [5.74, 6) is 1.09. The van der Waals surface area contributed by atoms with Gasteiger partial charge in [0.1, 0.15) is 12.4 Å². The number of hydrogen-bond donors (Lipinski definition) is 0. The molecule has 0 N–H and O–H groups in total. The molecule has 1 aliphatic rings. The fraction of sp³-hybridized carbons (Fsp3) is 0.387. The number of thiazole rings is 1. The van der Waals surface area contributed by atoms with Crippen LogP contribution in [0.4, 0.5) is 0 Å². The van der Waals surface area contributed by atoms with Gasteiger partial charge in [-0.25, -0.2) is 9.79 Å². The monoisotopic (exact) mass is 548 g/mol. The van der Waals surface area contributed by atoms with Gasteiger partial charge in [-0.15, -0.1) is 0 Å². The zero-order chi connectivity index (χ0) is 28.1. The number of methoxy groups -OCH3 is 1. The van der Waals surface area contributed by atoms with Crippen LogP contribution in [0.2, 0.25) is 0 Å². The lowest BCUT2D eigenvalue weighted by Crippen LogP contribution is -2.40. The van der Waals surface area contributed by atoms with Gasteiger partial charge < -0.3 is 14.2 Å². The normalized spacial score (nSPS) is 15.5. The third kappa shape index (κ3) is 6.57. The van der Waals surface area contributed by atoms with Crippen molar-refractivity contribution in [1.82, 2.24) is 4.57 Å². The minimum atomic E-state index is -0.647. The van der Waals surface area contributed by atoms with Crippen molar-refractivity contribution in [1.29, 1.82) is 0 Å². The molecule has 206 valence electrons. The van der Waals surface area contributed by atoms with Crippen LogP contribution in [0.25, 0.3) is 6.08 Å². The van der Waals surface area contributed by atoms with E-state index in [0.717, 1.165) is 16.9 Å². The van der Waals surface area contributed by atoms with Crippen LogP contribution in [0.5, 0.6) is 5.75 Å². The third-order valence-corrected chi connectivity index (χ3v) is 7.43. The van der Waals surface area contributed by atoms with Gasteiger partial charge in [0, 0.05) is 7.11 Å². The van der Waals surface area contributed by atoms with Gasteiger partial charge in [-0.1, -0.05) is 75.4 Å². The number of allylic oxidation sites excluding steroid dienone is 1. The standard InChI is InChI=1S/C31H36N2O5S/c1-19(2)18-38-25-13-7-22(8-14-25)17-26-29(34)33-28(24-11-9-23(10-12-24)20(3)4)27(21(5)32-31(33)39-26)30(35)37-16-15-36-6/h7-14,17,19-20,28H,15-16,18H2,1-6H3. The van der Waals surface area contributed by atoms with Gasteiger partial charge in [-0.2, -0.15) is 0 Å². The van der Waals surface area contributed by atoms with Crippen molar-refractivity contribution in [2.45, 2.75) is 46.6 Å². The maximum Gasteiger partial charge on any atom is 0.338 e. The molecule has 2 heterocycles. The molecule has 0 aliphatic carbocycles. The fourth-order valence-electron chi connectivity index (χ4n) is 4.33. The van der Waals surface area contributed by atoms with Crippen molar-refractivity contribution in [3.8, 4) is 5.75 Å². The number of esters is 1. The molecule has 1 aliphatic heterocycles. The number of nitrogens with zero attached hydrogens (tertiary/aromatic N) is 2. The van der Waals surface area contributed by atoms with Crippen molar-refractivity contribution in [3.63, 3.8) is 0 Å². The Morgan fingerprint density at radius 3 is 2.36 bits per heavy atom. The highest BCUT2D eigenvalue weighted by atomic mass is 32.1. The molecule has 39 heavy (non-hydrogen) atoms. The van der Waals surface area contributed by atoms with Gasteiger partial charge >= 0.3 is 5.97 Å². The summed E-state index contributed by atoms with van der Waals surface area (Å²) < 4.78 is 18.5. The second kappa shape index (κ2) is 12.6. The predicted octanol–water partition coefficient (Wildman–Crippen LogP) is 4.58. The Morgan fingerprint density at radius 2 is 1.74 bits per heavy atom. The number of ether oxygens (including phenoxy) is 3. The van der Waals surface area contributed by atoms with E-state index in [4.69, 9.17) is 14.2 Å². The molecule has 3 aromatic rings. The lowest BCUT2D eigenvalue weighted by Gasteiger charge is -2.25. The molecule has 1 atom stereocenters. The molecule has 4 rings (SSSR count). The lowest BCUT2D eigenvalue weighted by atomic mass is 9.93. The number of fused-ring (bicyclic) bond motifs is 1. The zero-order valence-electron chi connectivity index (χ0n) is 23.4. The van der Waals surface area contributed by atoms with Crippen LogP contribution in [0.1, 0.15) is 63.3 Å². The molecule has 0 spiro atoms. The van der Waals surface area contributed by atoms with Crippen molar-refractivity contribution in [2.75, 3.05) is 26.9 Å². The molecule has 0 bridgehead atoms. The first-order chi connectivity index (χ1) is 18.7. The quantitative estimate of drug-likeness (QED) is 0.274. The topological polar surface area (TPSA) is 79.1 Å². The van der Waals surface area contributed by atoms with Crippen LogP contribution >= 0.6 is 11.3 Å². The summed E-state index contributed by atoms with van der Waals surface area (Å²) in [6.45, 7) is 11.3. The summed E-state index contributed by atoms with van der Waals surface area (Å²) in [6.07, 6.45) is 1.85. The lowest BCUT2D eigenvalue weighted by molar-refractivity contribution is -0.140. The number of hydrogen-bond acceptors (Lipinski definition) is 7. The Hall–Kier alpha value is -3.49. The number of benzene rings is 2. The summed E-state index contributed by atoms with van der Waals surface area (Å²) in [5.41, 5.74) is 3.57. The van der Waals surface area contributed by atoms with E-state index in [9.17, 15) is 9.59 Å². The molecule has 7 nitrogen and oxygen atoms in total. The van der Waals surface area contributed by atoms with Crippen LogP contribution in [-0.4, -0.2) is 37.5 Å². The number of carbonyl (C=O) groups excluding carboxylic acids is 1. The van der Waals surface area contributed by atoms with Crippen molar-refractivity contribution in [2.24, 2.45) is 10.9 Å². The van der Waals surface area contributed by atoms with Crippen molar-refractivity contribution >= 4 is 23.4 Å². The first kappa shape index (κ1) is 28.5.